The monoisotopic (exact) mass is 166 g/mol. The molecule has 0 saturated heterocycles. The fourth-order valence-electron chi connectivity index (χ4n) is 1.80. The van der Waals surface area contributed by atoms with Crippen LogP contribution in [0.25, 0.3) is 0 Å². The van der Waals surface area contributed by atoms with E-state index in [4.69, 9.17) is 0 Å². The Morgan fingerprint density at radius 2 is 1.92 bits per heavy atom. The van der Waals surface area contributed by atoms with Gasteiger partial charge in [0, 0.05) is 5.41 Å². The molecule has 1 atom stereocenters. The molecular formula is C11H18O. The van der Waals surface area contributed by atoms with Crippen LogP contribution in [0.3, 0.4) is 0 Å². The molecule has 0 amide bonds. The predicted octanol–water partition coefficient (Wildman–Crippen LogP) is 3.10. The van der Waals surface area contributed by atoms with Gasteiger partial charge in [0.05, 0.1) is 0 Å². The molecule has 0 aliphatic heterocycles. The van der Waals surface area contributed by atoms with Crippen LogP contribution in [0.4, 0.5) is 0 Å². The summed E-state index contributed by atoms with van der Waals surface area (Å²) < 4.78 is 0. The standard InChI is InChI=1S/C11H18O/c1-8-5-6-11(4,10(3)12)7-9(8)2/h5-7H2,1-4H3. The van der Waals surface area contributed by atoms with E-state index in [1.165, 1.54) is 11.1 Å². The Labute approximate surface area is 74.9 Å². The van der Waals surface area contributed by atoms with Gasteiger partial charge in [-0.2, -0.15) is 0 Å². The number of rotatable bonds is 1. The minimum absolute atomic E-state index is 0.0659. The van der Waals surface area contributed by atoms with E-state index in [9.17, 15) is 4.79 Å². The molecule has 0 aromatic heterocycles. The van der Waals surface area contributed by atoms with Crippen molar-refractivity contribution in [2.75, 3.05) is 0 Å². The molecule has 0 aromatic rings. The lowest BCUT2D eigenvalue weighted by Gasteiger charge is -2.32. The summed E-state index contributed by atoms with van der Waals surface area (Å²) >= 11 is 0. The second-order valence-corrected chi connectivity index (χ2v) is 4.35. The zero-order chi connectivity index (χ0) is 9.35. The molecular weight excluding hydrogens is 148 g/mol. The van der Waals surface area contributed by atoms with Crippen LogP contribution in [0.1, 0.15) is 47.0 Å². The lowest BCUT2D eigenvalue weighted by Crippen LogP contribution is -2.28. The summed E-state index contributed by atoms with van der Waals surface area (Å²) in [6.07, 6.45) is 3.10. The second kappa shape index (κ2) is 3.04. The van der Waals surface area contributed by atoms with Crippen molar-refractivity contribution in [1.29, 1.82) is 0 Å². The number of carbonyl (C=O) groups is 1. The summed E-state index contributed by atoms with van der Waals surface area (Å²) in [6.45, 7) is 8.13. The molecule has 1 heteroatoms. The molecule has 0 fully saturated rings. The summed E-state index contributed by atoms with van der Waals surface area (Å²) in [5.41, 5.74) is 2.83. The van der Waals surface area contributed by atoms with Gasteiger partial charge in [0.15, 0.2) is 0 Å². The van der Waals surface area contributed by atoms with E-state index >= 15 is 0 Å². The fraction of sp³-hybridized carbons (Fsp3) is 0.727. The van der Waals surface area contributed by atoms with E-state index in [2.05, 4.69) is 20.8 Å². The van der Waals surface area contributed by atoms with Crippen LogP contribution < -0.4 is 0 Å². The van der Waals surface area contributed by atoms with Crippen LogP contribution in [0, 0.1) is 5.41 Å². The van der Waals surface area contributed by atoms with E-state index in [0.717, 1.165) is 19.3 Å². The van der Waals surface area contributed by atoms with Crippen LogP contribution in [-0.2, 0) is 4.79 Å². The average Bonchev–Trinajstić information content (AvgIpc) is 1.97. The van der Waals surface area contributed by atoms with Crippen molar-refractivity contribution < 1.29 is 4.79 Å². The van der Waals surface area contributed by atoms with Gasteiger partial charge < -0.3 is 0 Å². The highest BCUT2D eigenvalue weighted by Crippen LogP contribution is 2.39. The maximum Gasteiger partial charge on any atom is 0.136 e. The first-order valence-electron chi connectivity index (χ1n) is 4.62. The average molecular weight is 166 g/mol. The van der Waals surface area contributed by atoms with Gasteiger partial charge in [-0.15, -0.1) is 0 Å². The first-order chi connectivity index (χ1) is 5.46. The van der Waals surface area contributed by atoms with E-state index in [0.29, 0.717) is 5.78 Å². The quantitative estimate of drug-likeness (QED) is 0.547. The summed E-state index contributed by atoms with van der Waals surface area (Å²) in [6, 6.07) is 0. The Bertz CT molecular complexity index is 237. The molecule has 0 spiro atoms. The molecule has 1 unspecified atom stereocenters. The normalized spacial score (nSPS) is 30.7. The smallest absolute Gasteiger partial charge is 0.136 e. The highest BCUT2D eigenvalue weighted by Gasteiger charge is 2.32. The van der Waals surface area contributed by atoms with Gasteiger partial charge in [0.1, 0.15) is 5.78 Å². The Morgan fingerprint density at radius 1 is 1.33 bits per heavy atom. The fourth-order valence-corrected chi connectivity index (χ4v) is 1.80. The third kappa shape index (κ3) is 1.60. The Hall–Kier alpha value is -0.590. The predicted molar refractivity (Wildman–Crippen MR) is 51.0 cm³/mol. The maximum atomic E-state index is 11.4. The topological polar surface area (TPSA) is 17.1 Å². The third-order valence-corrected chi connectivity index (χ3v) is 3.29. The number of hydrogen-bond donors (Lipinski definition) is 0. The summed E-state index contributed by atoms with van der Waals surface area (Å²) in [5, 5.41) is 0. The van der Waals surface area contributed by atoms with Crippen molar-refractivity contribution in [2.24, 2.45) is 5.41 Å². The number of carbonyl (C=O) groups excluding carboxylic acids is 1. The molecule has 1 aliphatic rings. The zero-order valence-electron chi connectivity index (χ0n) is 8.53. The summed E-state index contributed by atoms with van der Waals surface area (Å²) in [4.78, 5) is 11.4. The molecule has 0 heterocycles. The molecule has 0 aromatic carbocycles. The number of hydrogen-bond acceptors (Lipinski definition) is 1. The van der Waals surface area contributed by atoms with Crippen molar-refractivity contribution >= 4 is 5.78 Å². The molecule has 1 nitrogen and oxygen atoms in total. The minimum Gasteiger partial charge on any atom is -0.299 e. The molecule has 0 radical (unpaired) electrons. The molecule has 1 rings (SSSR count). The third-order valence-electron chi connectivity index (χ3n) is 3.29. The first kappa shape index (κ1) is 9.50. The van der Waals surface area contributed by atoms with E-state index in [-0.39, 0.29) is 5.41 Å². The molecule has 68 valence electrons. The largest absolute Gasteiger partial charge is 0.299 e. The van der Waals surface area contributed by atoms with Gasteiger partial charge in [-0.3, -0.25) is 4.79 Å². The van der Waals surface area contributed by atoms with Crippen molar-refractivity contribution in [3.8, 4) is 0 Å². The van der Waals surface area contributed by atoms with Crippen LogP contribution in [0.5, 0.6) is 0 Å². The first-order valence-corrected chi connectivity index (χ1v) is 4.62. The molecule has 12 heavy (non-hydrogen) atoms. The summed E-state index contributed by atoms with van der Waals surface area (Å²) in [7, 11) is 0. The SMILES string of the molecule is CC(=O)C1(C)CCC(C)=C(C)C1. The number of allylic oxidation sites excluding steroid dienone is 2. The summed E-state index contributed by atoms with van der Waals surface area (Å²) in [5.74, 6) is 0.342. The Morgan fingerprint density at radius 3 is 2.33 bits per heavy atom. The highest BCUT2D eigenvalue weighted by molar-refractivity contribution is 5.82. The van der Waals surface area contributed by atoms with E-state index in [1.54, 1.807) is 6.92 Å². The lowest BCUT2D eigenvalue weighted by atomic mass is 9.71. The van der Waals surface area contributed by atoms with Crippen molar-refractivity contribution in [2.45, 2.75) is 47.0 Å². The van der Waals surface area contributed by atoms with E-state index < -0.39 is 0 Å². The Balaban J connectivity index is 2.84. The van der Waals surface area contributed by atoms with Crippen molar-refractivity contribution in [1.82, 2.24) is 0 Å². The van der Waals surface area contributed by atoms with Gasteiger partial charge in [0.2, 0.25) is 0 Å². The van der Waals surface area contributed by atoms with Crippen LogP contribution in [0.15, 0.2) is 11.1 Å². The van der Waals surface area contributed by atoms with Crippen molar-refractivity contribution in [3.05, 3.63) is 11.1 Å². The zero-order valence-corrected chi connectivity index (χ0v) is 8.53. The van der Waals surface area contributed by atoms with Gasteiger partial charge in [-0.25, -0.2) is 0 Å². The number of Topliss-reactive ketones (excluding diaryl/α,β-unsaturated/α-hetero) is 1. The van der Waals surface area contributed by atoms with Gasteiger partial charge in [-0.1, -0.05) is 18.1 Å². The molecule has 0 saturated carbocycles. The second-order valence-electron chi connectivity index (χ2n) is 4.35. The minimum atomic E-state index is -0.0659. The molecule has 0 bridgehead atoms. The van der Waals surface area contributed by atoms with Crippen molar-refractivity contribution in [3.63, 3.8) is 0 Å². The number of ketones is 1. The van der Waals surface area contributed by atoms with E-state index in [1.807, 2.05) is 0 Å². The maximum absolute atomic E-state index is 11.4. The molecule has 1 aliphatic carbocycles. The van der Waals surface area contributed by atoms with Crippen LogP contribution >= 0.6 is 0 Å². The lowest BCUT2D eigenvalue weighted by molar-refractivity contribution is -0.126. The van der Waals surface area contributed by atoms with Crippen LogP contribution in [-0.4, -0.2) is 5.78 Å². The van der Waals surface area contributed by atoms with Gasteiger partial charge in [0.25, 0.3) is 0 Å². The molecule has 0 N–H and O–H groups in total. The highest BCUT2D eigenvalue weighted by atomic mass is 16.1. The van der Waals surface area contributed by atoms with Gasteiger partial charge >= 0.3 is 0 Å². The van der Waals surface area contributed by atoms with Crippen LogP contribution in [0.2, 0.25) is 0 Å². The van der Waals surface area contributed by atoms with Gasteiger partial charge in [-0.05, 0) is 40.0 Å². The Kier molecular flexibility index (Phi) is 2.41.